The lowest BCUT2D eigenvalue weighted by Gasteiger charge is -2.33. The Morgan fingerprint density at radius 1 is 1.03 bits per heavy atom. The monoisotopic (exact) mass is 506 g/mol. The fourth-order valence-electron chi connectivity index (χ4n) is 4.42. The van der Waals surface area contributed by atoms with Crippen molar-refractivity contribution in [3.63, 3.8) is 0 Å². The van der Waals surface area contributed by atoms with E-state index in [0.717, 1.165) is 11.1 Å². The average molecular weight is 507 g/mol. The Morgan fingerprint density at radius 2 is 1.74 bits per heavy atom. The van der Waals surface area contributed by atoms with E-state index in [2.05, 4.69) is 0 Å². The number of benzene rings is 2. The fraction of sp³-hybridized carbons (Fsp3) is 0.320. The molecular formula is C25H22ClF3N2O4. The van der Waals surface area contributed by atoms with E-state index in [1.807, 2.05) is 46.6 Å². The Morgan fingerprint density at radius 3 is 2.46 bits per heavy atom. The van der Waals surface area contributed by atoms with Crippen molar-refractivity contribution in [3.8, 4) is 11.5 Å². The number of alkyl halides is 3. The molecule has 5 rings (SSSR count). The van der Waals surface area contributed by atoms with Crippen molar-refractivity contribution in [1.82, 2.24) is 10.2 Å². The quantitative estimate of drug-likeness (QED) is 0.639. The number of hydrogen-bond acceptors (Lipinski definition) is 5. The predicted octanol–water partition coefficient (Wildman–Crippen LogP) is 4.91. The van der Waals surface area contributed by atoms with Crippen LogP contribution in [0.15, 0.2) is 65.4 Å². The van der Waals surface area contributed by atoms with Crippen LogP contribution in [0.3, 0.4) is 0 Å². The summed E-state index contributed by atoms with van der Waals surface area (Å²) in [6.45, 7) is 1.98. The van der Waals surface area contributed by atoms with Gasteiger partial charge < -0.3 is 19.1 Å². The number of ether oxygens (including phenoxy) is 3. The molecule has 0 aromatic heterocycles. The number of nitrogens with zero attached hydrogens (tertiary/aromatic N) is 1. The first kappa shape index (κ1) is 23.6. The molecule has 1 N–H and O–H groups in total. The Kier molecular flexibility index (Phi) is 6.14. The van der Waals surface area contributed by atoms with Crippen LogP contribution in [0.4, 0.5) is 13.2 Å². The number of nitrogens with one attached hydrogen (secondary N) is 1. The van der Waals surface area contributed by atoms with Crippen LogP contribution in [0, 0.1) is 0 Å². The van der Waals surface area contributed by atoms with Crippen molar-refractivity contribution in [3.05, 3.63) is 76.0 Å². The van der Waals surface area contributed by atoms with Crippen molar-refractivity contribution in [2.45, 2.75) is 24.9 Å². The third kappa shape index (κ3) is 4.58. The van der Waals surface area contributed by atoms with E-state index in [4.69, 9.17) is 25.8 Å². The molecule has 1 amide bonds. The van der Waals surface area contributed by atoms with Gasteiger partial charge in [-0.1, -0.05) is 41.9 Å². The Balaban J connectivity index is 1.50. The molecule has 0 bridgehead atoms. The summed E-state index contributed by atoms with van der Waals surface area (Å²) in [5, 5.41) is 2.18. The lowest BCUT2D eigenvalue weighted by molar-refractivity contribution is -0.319. The molecule has 2 heterocycles. The molecular weight excluding hydrogens is 485 g/mol. The van der Waals surface area contributed by atoms with Gasteiger partial charge in [-0.25, -0.2) is 0 Å². The number of halogens is 4. The Hall–Kier alpha value is -3.17. The number of carbonyl (C=O) groups excluding carboxylic acids is 1. The maximum atomic E-state index is 14.2. The molecule has 0 radical (unpaired) electrons. The lowest BCUT2D eigenvalue weighted by Crippen LogP contribution is -2.65. The third-order valence-corrected chi connectivity index (χ3v) is 6.28. The lowest BCUT2D eigenvalue weighted by atomic mass is 10.1. The number of allylic oxidation sites excluding steroid dienone is 1. The maximum Gasteiger partial charge on any atom is 0.492 e. The molecule has 0 spiro atoms. The molecule has 3 aliphatic rings. The second-order valence-corrected chi connectivity index (χ2v) is 8.81. The minimum absolute atomic E-state index is 0.162. The highest BCUT2D eigenvalue weighted by molar-refractivity contribution is 6.30. The third-order valence-electron chi connectivity index (χ3n) is 6.04. The highest BCUT2D eigenvalue weighted by atomic mass is 35.5. The highest BCUT2D eigenvalue weighted by Crippen LogP contribution is 2.46. The van der Waals surface area contributed by atoms with Gasteiger partial charge in [-0.15, -0.1) is 0 Å². The van der Waals surface area contributed by atoms with Crippen LogP contribution in [0.1, 0.15) is 18.4 Å². The van der Waals surface area contributed by atoms with E-state index in [1.54, 1.807) is 0 Å². The summed E-state index contributed by atoms with van der Waals surface area (Å²) in [5.41, 5.74) is 2.70. The predicted molar refractivity (Wildman–Crippen MR) is 123 cm³/mol. The number of hydrogen-bond donors (Lipinski definition) is 1. The van der Waals surface area contributed by atoms with E-state index in [1.165, 1.54) is 18.2 Å². The zero-order valence-corrected chi connectivity index (χ0v) is 19.3. The van der Waals surface area contributed by atoms with Crippen LogP contribution < -0.4 is 14.8 Å². The van der Waals surface area contributed by atoms with Crippen LogP contribution in [-0.2, 0) is 9.53 Å². The van der Waals surface area contributed by atoms with Gasteiger partial charge in [-0.3, -0.25) is 10.1 Å². The van der Waals surface area contributed by atoms with E-state index in [-0.39, 0.29) is 28.5 Å². The normalized spacial score (nSPS) is 23.2. The van der Waals surface area contributed by atoms with Crippen LogP contribution in [-0.4, -0.2) is 49.2 Å². The van der Waals surface area contributed by atoms with Gasteiger partial charge in [0, 0.05) is 35.4 Å². The van der Waals surface area contributed by atoms with Gasteiger partial charge >= 0.3 is 12.1 Å². The second kappa shape index (κ2) is 9.13. The van der Waals surface area contributed by atoms with Crippen LogP contribution >= 0.6 is 11.6 Å². The molecule has 1 saturated heterocycles. The number of fused-ring (bicyclic) bond motifs is 1. The molecule has 10 heteroatoms. The molecule has 1 aliphatic carbocycles. The maximum absolute atomic E-state index is 14.2. The van der Waals surface area contributed by atoms with Crippen LogP contribution in [0.25, 0.3) is 6.08 Å². The molecule has 35 heavy (non-hydrogen) atoms. The summed E-state index contributed by atoms with van der Waals surface area (Å²) >= 11 is 5.89. The second-order valence-electron chi connectivity index (χ2n) is 8.37. The molecule has 2 aromatic rings. The first-order valence-electron chi connectivity index (χ1n) is 11.1. The van der Waals surface area contributed by atoms with Crippen molar-refractivity contribution in [2.24, 2.45) is 0 Å². The number of carbonyl (C=O) groups is 1. The first-order chi connectivity index (χ1) is 16.8. The highest BCUT2D eigenvalue weighted by Gasteiger charge is 2.66. The minimum atomic E-state index is -5.06. The SMILES string of the molecule is O=C(NC1(C(F)(F)F)Oc2ccc(Cl)cc2O1)C1=C(N2CCOCC2)/C(=C\c2ccccc2)CC1. The molecule has 2 aromatic carbocycles. The summed E-state index contributed by atoms with van der Waals surface area (Å²) in [6, 6.07) is 13.4. The summed E-state index contributed by atoms with van der Waals surface area (Å²) in [5.74, 6) is -4.62. The van der Waals surface area contributed by atoms with Gasteiger partial charge in [0.15, 0.2) is 11.5 Å². The van der Waals surface area contributed by atoms with Gasteiger partial charge in [-0.2, -0.15) is 13.2 Å². The Labute approximate surface area is 204 Å². The van der Waals surface area contributed by atoms with Crippen molar-refractivity contribution in [1.29, 1.82) is 0 Å². The van der Waals surface area contributed by atoms with Gasteiger partial charge in [0.1, 0.15) is 0 Å². The molecule has 2 aliphatic heterocycles. The van der Waals surface area contributed by atoms with Gasteiger partial charge in [0.2, 0.25) is 0 Å². The van der Waals surface area contributed by atoms with E-state index >= 15 is 0 Å². The molecule has 184 valence electrons. The van der Waals surface area contributed by atoms with Crippen molar-refractivity contribution < 1.29 is 32.2 Å². The number of rotatable bonds is 4. The Bertz CT molecular complexity index is 1190. The smallest absolute Gasteiger partial charge is 0.424 e. The molecule has 6 nitrogen and oxygen atoms in total. The molecule has 1 unspecified atom stereocenters. The fourth-order valence-corrected chi connectivity index (χ4v) is 4.58. The number of morpholine rings is 1. The molecule has 0 saturated carbocycles. The average Bonchev–Trinajstić information content (AvgIpc) is 3.41. The van der Waals surface area contributed by atoms with Crippen molar-refractivity contribution >= 4 is 23.6 Å². The zero-order valence-electron chi connectivity index (χ0n) is 18.5. The molecule has 1 atom stereocenters. The summed E-state index contributed by atoms with van der Waals surface area (Å²) in [7, 11) is 0. The van der Waals surface area contributed by atoms with Gasteiger partial charge in [0.05, 0.1) is 13.2 Å². The first-order valence-corrected chi connectivity index (χ1v) is 11.5. The summed E-state index contributed by atoms with van der Waals surface area (Å²) in [4.78, 5) is 15.4. The summed E-state index contributed by atoms with van der Waals surface area (Å²) < 4.78 is 58.3. The van der Waals surface area contributed by atoms with Crippen LogP contribution in [0.5, 0.6) is 11.5 Å². The largest absolute Gasteiger partial charge is 0.492 e. The van der Waals surface area contributed by atoms with E-state index in [0.29, 0.717) is 38.4 Å². The van der Waals surface area contributed by atoms with Crippen molar-refractivity contribution in [2.75, 3.05) is 26.3 Å². The van der Waals surface area contributed by atoms with E-state index in [9.17, 15) is 18.0 Å². The standard InChI is InChI=1S/C25H22ClF3N2O4/c26-18-7-9-20-21(15-18)35-25(34-20,24(27,28)29)30-23(32)19-8-6-17(14-16-4-2-1-3-5-16)22(19)31-10-12-33-13-11-31/h1-5,7,9,14-15H,6,8,10-13H2,(H,30,32)/b17-14-. The zero-order chi connectivity index (χ0) is 24.6. The van der Waals surface area contributed by atoms with Gasteiger partial charge in [-0.05, 0) is 42.2 Å². The van der Waals surface area contributed by atoms with Crippen LogP contribution in [0.2, 0.25) is 5.02 Å². The van der Waals surface area contributed by atoms with E-state index < -0.39 is 18.0 Å². The summed E-state index contributed by atoms with van der Waals surface area (Å²) in [6.07, 6.45) is -2.30. The van der Waals surface area contributed by atoms with Gasteiger partial charge in [0.25, 0.3) is 5.91 Å². The number of amides is 1. The minimum Gasteiger partial charge on any atom is -0.424 e. The topological polar surface area (TPSA) is 60.0 Å². The molecule has 1 fully saturated rings.